The fraction of sp³-hybridized carbons (Fsp3) is 0.520. The Kier molecular flexibility index (Phi) is 7.14. The number of ether oxygens (including phenoxy) is 1. The van der Waals surface area contributed by atoms with Crippen LogP contribution in [-0.4, -0.2) is 41.3 Å². The van der Waals surface area contributed by atoms with Gasteiger partial charge in [-0.1, -0.05) is 25.5 Å². The summed E-state index contributed by atoms with van der Waals surface area (Å²) in [6.45, 7) is 15.7. The number of rotatable bonds is 9. The molecule has 0 bridgehead atoms. The molecular formula is C25H36N4O. The first-order valence-electron chi connectivity index (χ1n) is 11.1. The fourth-order valence-corrected chi connectivity index (χ4v) is 4.34. The molecule has 5 heteroatoms. The topological polar surface area (TPSA) is 43.2 Å². The molecule has 0 N–H and O–H groups in total. The molecule has 0 saturated carbocycles. The number of hydrogen-bond acceptors (Lipinski definition) is 4. The summed E-state index contributed by atoms with van der Waals surface area (Å²) < 4.78 is 7.53. The summed E-state index contributed by atoms with van der Waals surface area (Å²) in [4.78, 5) is 12.2. The third kappa shape index (κ3) is 4.36. The number of aryl methyl sites for hydroxylation is 4. The Balaban J connectivity index is 2.18. The lowest BCUT2D eigenvalue weighted by Crippen LogP contribution is -2.25. The van der Waals surface area contributed by atoms with Crippen LogP contribution in [0.25, 0.3) is 16.7 Å². The van der Waals surface area contributed by atoms with Crippen LogP contribution in [0.1, 0.15) is 54.8 Å². The van der Waals surface area contributed by atoms with Gasteiger partial charge in [0.25, 0.3) is 0 Å². The lowest BCUT2D eigenvalue weighted by Gasteiger charge is -2.23. The Morgan fingerprint density at radius 3 is 2.30 bits per heavy atom. The van der Waals surface area contributed by atoms with Gasteiger partial charge >= 0.3 is 0 Å². The van der Waals surface area contributed by atoms with E-state index < -0.39 is 0 Å². The number of anilines is 1. The highest BCUT2D eigenvalue weighted by atomic mass is 16.5. The van der Waals surface area contributed by atoms with E-state index in [-0.39, 0.29) is 0 Å². The van der Waals surface area contributed by atoms with Crippen LogP contribution in [0.15, 0.2) is 18.3 Å². The molecule has 3 rings (SSSR count). The molecule has 162 valence electrons. The van der Waals surface area contributed by atoms with E-state index in [0.717, 1.165) is 43.4 Å². The third-order valence-electron chi connectivity index (χ3n) is 5.78. The molecule has 0 aliphatic carbocycles. The largest absolute Gasteiger partial charge is 0.384 e. The number of nitrogens with zero attached hydrogens (tertiary/aromatic N) is 4. The van der Waals surface area contributed by atoms with E-state index in [9.17, 15) is 0 Å². The molecule has 0 amide bonds. The van der Waals surface area contributed by atoms with Gasteiger partial charge < -0.3 is 14.2 Å². The SMILES string of the molecule is CCCCN(CC)c1nc(C)nc2c1c(C)cn2-c1c(C)cc(CCOC)cc1C. The van der Waals surface area contributed by atoms with Gasteiger partial charge in [0, 0.05) is 26.4 Å². The predicted octanol–water partition coefficient (Wildman–Crippen LogP) is 5.47. The van der Waals surface area contributed by atoms with Gasteiger partial charge in [-0.15, -0.1) is 0 Å². The maximum atomic E-state index is 5.26. The van der Waals surface area contributed by atoms with Gasteiger partial charge in [0.1, 0.15) is 11.6 Å². The van der Waals surface area contributed by atoms with Gasteiger partial charge in [-0.05, 0) is 69.7 Å². The van der Waals surface area contributed by atoms with Crippen molar-refractivity contribution in [3.05, 3.63) is 46.4 Å². The second-order valence-electron chi connectivity index (χ2n) is 8.23. The molecule has 0 aliphatic heterocycles. The van der Waals surface area contributed by atoms with Crippen LogP contribution >= 0.6 is 0 Å². The lowest BCUT2D eigenvalue weighted by molar-refractivity contribution is 0.202. The highest BCUT2D eigenvalue weighted by Crippen LogP contribution is 2.33. The highest BCUT2D eigenvalue weighted by Gasteiger charge is 2.20. The Labute approximate surface area is 181 Å². The van der Waals surface area contributed by atoms with Crippen LogP contribution in [0, 0.1) is 27.7 Å². The van der Waals surface area contributed by atoms with Crippen LogP contribution in [0.4, 0.5) is 5.82 Å². The number of fused-ring (bicyclic) bond motifs is 1. The number of benzene rings is 1. The molecular weight excluding hydrogens is 372 g/mol. The van der Waals surface area contributed by atoms with E-state index in [4.69, 9.17) is 14.7 Å². The number of methoxy groups -OCH3 is 1. The van der Waals surface area contributed by atoms with Crippen LogP contribution in [0.5, 0.6) is 0 Å². The minimum Gasteiger partial charge on any atom is -0.384 e. The smallest absolute Gasteiger partial charge is 0.150 e. The zero-order valence-corrected chi connectivity index (χ0v) is 19.7. The first-order valence-corrected chi connectivity index (χ1v) is 11.1. The van der Waals surface area contributed by atoms with Crippen molar-refractivity contribution in [2.45, 2.75) is 60.8 Å². The molecule has 2 heterocycles. The minimum absolute atomic E-state index is 0.740. The van der Waals surface area contributed by atoms with E-state index >= 15 is 0 Å². The molecule has 0 unspecified atom stereocenters. The highest BCUT2D eigenvalue weighted by molar-refractivity contribution is 5.92. The van der Waals surface area contributed by atoms with Crippen LogP contribution in [0.2, 0.25) is 0 Å². The average Bonchev–Trinajstić information content (AvgIpc) is 3.02. The van der Waals surface area contributed by atoms with Gasteiger partial charge in [-0.25, -0.2) is 9.97 Å². The predicted molar refractivity (Wildman–Crippen MR) is 126 cm³/mol. The standard InChI is InChI=1S/C25H36N4O/c1-8-10-12-28(9-2)24-22-19(5)16-29(25(22)27-20(6)26-24)23-17(3)14-21(11-13-30-7)15-18(23)4/h14-16H,8-13H2,1-7H3. The van der Waals surface area contributed by atoms with Crippen molar-refractivity contribution in [1.29, 1.82) is 0 Å². The van der Waals surface area contributed by atoms with Gasteiger partial charge in [0.05, 0.1) is 17.7 Å². The molecule has 1 aromatic carbocycles. The first-order chi connectivity index (χ1) is 14.4. The lowest BCUT2D eigenvalue weighted by atomic mass is 10.0. The molecule has 0 fully saturated rings. The Hall–Kier alpha value is -2.40. The summed E-state index contributed by atoms with van der Waals surface area (Å²) in [5.41, 5.74) is 7.27. The fourth-order valence-electron chi connectivity index (χ4n) is 4.34. The number of hydrogen-bond donors (Lipinski definition) is 0. The van der Waals surface area contributed by atoms with E-state index in [1.807, 2.05) is 6.92 Å². The van der Waals surface area contributed by atoms with Crippen molar-refractivity contribution in [2.75, 3.05) is 31.7 Å². The Bertz CT molecular complexity index is 999. The number of unbranched alkanes of at least 4 members (excludes halogenated alkanes) is 1. The summed E-state index contributed by atoms with van der Waals surface area (Å²) in [7, 11) is 1.75. The summed E-state index contributed by atoms with van der Waals surface area (Å²) in [6.07, 6.45) is 5.50. The van der Waals surface area contributed by atoms with E-state index in [1.165, 1.54) is 46.2 Å². The van der Waals surface area contributed by atoms with Crippen molar-refractivity contribution in [3.8, 4) is 5.69 Å². The van der Waals surface area contributed by atoms with E-state index in [0.29, 0.717) is 0 Å². The summed E-state index contributed by atoms with van der Waals surface area (Å²) in [5, 5.41) is 1.17. The van der Waals surface area contributed by atoms with Crippen LogP contribution in [-0.2, 0) is 11.2 Å². The van der Waals surface area contributed by atoms with Crippen LogP contribution < -0.4 is 4.90 Å². The van der Waals surface area contributed by atoms with Crippen molar-refractivity contribution in [2.24, 2.45) is 0 Å². The zero-order chi connectivity index (χ0) is 21.8. The minimum atomic E-state index is 0.740. The molecule has 0 aliphatic rings. The first kappa shape index (κ1) is 22.3. The molecule has 5 nitrogen and oxygen atoms in total. The van der Waals surface area contributed by atoms with Crippen molar-refractivity contribution in [3.63, 3.8) is 0 Å². The van der Waals surface area contributed by atoms with Crippen LogP contribution in [0.3, 0.4) is 0 Å². The van der Waals surface area contributed by atoms with Crippen molar-refractivity contribution >= 4 is 16.9 Å². The normalized spacial score (nSPS) is 11.4. The maximum Gasteiger partial charge on any atom is 0.150 e. The second kappa shape index (κ2) is 9.61. The van der Waals surface area contributed by atoms with E-state index in [2.05, 4.69) is 62.4 Å². The van der Waals surface area contributed by atoms with Crippen molar-refractivity contribution < 1.29 is 4.74 Å². The zero-order valence-electron chi connectivity index (χ0n) is 19.7. The summed E-state index contributed by atoms with van der Waals surface area (Å²) >= 11 is 0. The van der Waals surface area contributed by atoms with E-state index in [1.54, 1.807) is 7.11 Å². The summed E-state index contributed by atoms with van der Waals surface area (Å²) in [5.74, 6) is 1.88. The molecule has 0 atom stereocenters. The monoisotopic (exact) mass is 408 g/mol. The molecule has 2 aromatic heterocycles. The Morgan fingerprint density at radius 1 is 1.00 bits per heavy atom. The summed E-state index contributed by atoms with van der Waals surface area (Å²) in [6, 6.07) is 4.55. The average molecular weight is 409 g/mol. The molecule has 30 heavy (non-hydrogen) atoms. The molecule has 0 radical (unpaired) electrons. The van der Waals surface area contributed by atoms with Gasteiger partial charge in [-0.2, -0.15) is 0 Å². The molecule has 0 spiro atoms. The second-order valence-corrected chi connectivity index (χ2v) is 8.23. The van der Waals surface area contributed by atoms with Gasteiger partial charge in [0.15, 0.2) is 5.65 Å². The van der Waals surface area contributed by atoms with Gasteiger partial charge in [0.2, 0.25) is 0 Å². The molecule has 0 saturated heterocycles. The quantitative estimate of drug-likeness (QED) is 0.471. The van der Waals surface area contributed by atoms with Crippen molar-refractivity contribution in [1.82, 2.24) is 14.5 Å². The third-order valence-corrected chi connectivity index (χ3v) is 5.78. The maximum absolute atomic E-state index is 5.26. The number of aromatic nitrogens is 3. The molecule has 3 aromatic rings. The van der Waals surface area contributed by atoms with Gasteiger partial charge in [-0.3, -0.25) is 0 Å². The Morgan fingerprint density at radius 2 is 1.70 bits per heavy atom.